The van der Waals surface area contributed by atoms with Crippen LogP contribution in [0.4, 0.5) is 8.78 Å². The maximum Gasteiger partial charge on any atom is 0.266 e. The number of carbonyl (C=O) groups is 2. The zero-order valence-electron chi connectivity index (χ0n) is 21.8. The standard InChI is InChI=1S/C27H31ClF2N4O5S/c28-18-4-6-20(7-5-18)39-25-22(29)14-21(15-23(25)30)40(38)34-19-8-10-27(34,26(36)31-37)17-33(16-19)24(35)9-13-32-11-2-1-3-12-32/h4-7,14-15,19,37H,1-3,8-13,16-17H2,(H,31,36). The SMILES string of the molecule is O=C(CCN1CCCCC1)N1CC2CCC(C(=O)NO)(C1)N2S(=O)c1cc(F)c(Oc2ccc(Cl)cc2)c(F)c1. The molecule has 0 spiro atoms. The summed E-state index contributed by atoms with van der Waals surface area (Å²) >= 11 is 5.84. The number of nitrogens with one attached hydrogen (secondary N) is 1. The number of fused-ring (bicyclic) bond motifs is 2. The third kappa shape index (κ3) is 5.73. The summed E-state index contributed by atoms with van der Waals surface area (Å²) < 4.78 is 50.5. The number of hydrogen-bond donors (Lipinski definition) is 2. The summed E-state index contributed by atoms with van der Waals surface area (Å²) in [6.45, 7) is 2.65. The van der Waals surface area contributed by atoms with Crippen molar-refractivity contribution >= 4 is 34.4 Å². The molecular formula is C27H31ClF2N4O5S. The Morgan fingerprint density at radius 3 is 2.45 bits per heavy atom. The Hall–Kier alpha value is -2.64. The molecule has 3 atom stereocenters. The van der Waals surface area contributed by atoms with Gasteiger partial charge in [0.05, 0.1) is 4.90 Å². The average Bonchev–Trinajstić information content (AvgIpc) is 3.20. The van der Waals surface area contributed by atoms with Crippen LogP contribution >= 0.6 is 11.6 Å². The molecule has 2 bridgehead atoms. The minimum Gasteiger partial charge on any atom is -0.451 e. The van der Waals surface area contributed by atoms with Crippen LogP contribution in [0.25, 0.3) is 0 Å². The van der Waals surface area contributed by atoms with E-state index >= 15 is 8.78 Å². The molecule has 5 rings (SSSR count). The monoisotopic (exact) mass is 596 g/mol. The quantitative estimate of drug-likeness (QED) is 0.354. The molecule has 3 heterocycles. The van der Waals surface area contributed by atoms with Crippen molar-refractivity contribution in [1.82, 2.24) is 19.6 Å². The van der Waals surface area contributed by atoms with Gasteiger partial charge in [0.15, 0.2) is 17.4 Å². The highest BCUT2D eigenvalue weighted by Crippen LogP contribution is 2.43. The van der Waals surface area contributed by atoms with Crippen molar-refractivity contribution in [2.75, 3.05) is 32.7 Å². The normalized spacial score (nSPS) is 24.1. The van der Waals surface area contributed by atoms with Crippen LogP contribution in [-0.2, 0) is 20.6 Å². The molecule has 0 radical (unpaired) electrons. The van der Waals surface area contributed by atoms with Crippen molar-refractivity contribution in [3.05, 3.63) is 53.1 Å². The van der Waals surface area contributed by atoms with E-state index in [0.29, 0.717) is 18.0 Å². The molecule has 3 aliphatic rings. The van der Waals surface area contributed by atoms with Crippen molar-refractivity contribution in [2.24, 2.45) is 0 Å². The first-order valence-corrected chi connectivity index (χ1v) is 14.8. The maximum atomic E-state index is 15.0. The summed E-state index contributed by atoms with van der Waals surface area (Å²) in [6.07, 6.45) is 4.33. The Morgan fingerprint density at radius 1 is 1.12 bits per heavy atom. The Morgan fingerprint density at radius 2 is 1.80 bits per heavy atom. The van der Waals surface area contributed by atoms with Crippen LogP contribution in [0, 0.1) is 11.6 Å². The number of nitrogens with zero attached hydrogens (tertiary/aromatic N) is 3. The Labute approximate surface area is 238 Å². The first kappa shape index (κ1) is 28.9. The molecule has 2 aromatic rings. The highest BCUT2D eigenvalue weighted by molar-refractivity contribution is 7.82. The van der Waals surface area contributed by atoms with E-state index in [1.165, 1.54) is 35.0 Å². The molecule has 2 amide bonds. The van der Waals surface area contributed by atoms with E-state index in [1.54, 1.807) is 10.4 Å². The van der Waals surface area contributed by atoms with E-state index in [9.17, 15) is 19.0 Å². The van der Waals surface area contributed by atoms with Gasteiger partial charge in [-0.3, -0.25) is 14.8 Å². The predicted octanol–water partition coefficient (Wildman–Crippen LogP) is 3.86. The molecule has 2 aromatic carbocycles. The smallest absolute Gasteiger partial charge is 0.266 e. The number of carbonyl (C=O) groups excluding carboxylic acids is 2. The van der Waals surface area contributed by atoms with Crippen molar-refractivity contribution in [3.8, 4) is 11.5 Å². The number of likely N-dealkylation sites (tertiary alicyclic amines) is 2. The Bertz CT molecular complexity index is 1270. The fourth-order valence-corrected chi connectivity index (χ4v) is 7.62. The summed E-state index contributed by atoms with van der Waals surface area (Å²) in [5.74, 6) is -3.60. The lowest BCUT2D eigenvalue weighted by atomic mass is 9.95. The molecule has 13 heteroatoms. The van der Waals surface area contributed by atoms with Gasteiger partial charge in [0.2, 0.25) is 5.91 Å². The van der Waals surface area contributed by atoms with Gasteiger partial charge in [-0.1, -0.05) is 18.0 Å². The number of ether oxygens (including phenoxy) is 1. The summed E-state index contributed by atoms with van der Waals surface area (Å²) in [7, 11) is -2.18. The van der Waals surface area contributed by atoms with Gasteiger partial charge in [-0.15, -0.1) is 0 Å². The van der Waals surface area contributed by atoms with Gasteiger partial charge < -0.3 is 14.5 Å². The number of amides is 2. The van der Waals surface area contributed by atoms with E-state index in [2.05, 4.69) is 4.90 Å². The zero-order valence-corrected chi connectivity index (χ0v) is 23.4. The van der Waals surface area contributed by atoms with E-state index in [4.69, 9.17) is 16.3 Å². The van der Waals surface area contributed by atoms with E-state index < -0.39 is 45.9 Å². The lowest BCUT2D eigenvalue weighted by molar-refractivity contribution is -0.146. The topological polar surface area (TPSA) is 102 Å². The van der Waals surface area contributed by atoms with E-state index in [1.807, 2.05) is 0 Å². The fraction of sp³-hybridized carbons (Fsp3) is 0.481. The summed E-state index contributed by atoms with van der Waals surface area (Å²) in [5.41, 5.74) is 0.138. The minimum absolute atomic E-state index is 0.0941. The molecule has 2 N–H and O–H groups in total. The summed E-state index contributed by atoms with van der Waals surface area (Å²) in [6, 6.07) is 7.23. The van der Waals surface area contributed by atoms with Gasteiger partial charge in [-0.25, -0.2) is 18.5 Å². The van der Waals surface area contributed by atoms with Gasteiger partial charge in [-0.2, -0.15) is 4.31 Å². The van der Waals surface area contributed by atoms with Crippen LogP contribution in [0.1, 0.15) is 38.5 Å². The molecule has 9 nitrogen and oxygen atoms in total. The van der Waals surface area contributed by atoms with Crippen molar-refractivity contribution < 1.29 is 32.5 Å². The molecule has 0 aliphatic carbocycles. The van der Waals surface area contributed by atoms with Crippen LogP contribution in [0.2, 0.25) is 5.02 Å². The first-order chi connectivity index (χ1) is 19.2. The van der Waals surface area contributed by atoms with E-state index in [-0.39, 0.29) is 42.5 Å². The lowest BCUT2D eigenvalue weighted by Gasteiger charge is -2.46. The number of benzene rings is 2. The van der Waals surface area contributed by atoms with Gasteiger partial charge >= 0.3 is 0 Å². The molecule has 0 aromatic heterocycles. The molecule has 216 valence electrons. The van der Waals surface area contributed by atoms with E-state index in [0.717, 1.165) is 38.1 Å². The second kappa shape index (κ2) is 12.1. The minimum atomic E-state index is -2.18. The molecule has 40 heavy (non-hydrogen) atoms. The molecule has 0 saturated carbocycles. The van der Waals surface area contributed by atoms with Crippen LogP contribution in [0.3, 0.4) is 0 Å². The van der Waals surface area contributed by atoms with Gasteiger partial charge in [0, 0.05) is 37.1 Å². The summed E-state index contributed by atoms with van der Waals surface area (Å²) in [5, 5.41) is 10.0. The molecule has 3 saturated heterocycles. The Kier molecular flexibility index (Phi) is 8.72. The average molecular weight is 597 g/mol. The first-order valence-electron chi connectivity index (χ1n) is 13.3. The second-order valence-electron chi connectivity index (χ2n) is 10.4. The van der Waals surface area contributed by atoms with Crippen molar-refractivity contribution in [3.63, 3.8) is 0 Å². The fourth-order valence-electron chi connectivity index (χ4n) is 5.87. The maximum absolute atomic E-state index is 15.0. The van der Waals surface area contributed by atoms with Crippen molar-refractivity contribution in [2.45, 2.75) is 55.0 Å². The highest BCUT2D eigenvalue weighted by Gasteiger charge is 2.59. The number of hydrogen-bond acceptors (Lipinski definition) is 6. The van der Waals surface area contributed by atoms with Crippen LogP contribution < -0.4 is 10.2 Å². The van der Waals surface area contributed by atoms with Gasteiger partial charge in [0.1, 0.15) is 22.3 Å². The number of piperazine rings is 1. The largest absolute Gasteiger partial charge is 0.451 e. The molecule has 3 aliphatic heterocycles. The zero-order chi connectivity index (χ0) is 28.4. The molecule has 3 unspecified atom stereocenters. The number of hydroxylamine groups is 1. The molecule has 3 fully saturated rings. The number of piperidine rings is 1. The van der Waals surface area contributed by atoms with Gasteiger partial charge in [0.25, 0.3) is 5.91 Å². The summed E-state index contributed by atoms with van der Waals surface area (Å²) in [4.78, 5) is 29.8. The number of halogens is 3. The van der Waals surface area contributed by atoms with Gasteiger partial charge in [-0.05, 0) is 75.2 Å². The Balaban J connectivity index is 1.35. The lowest BCUT2D eigenvalue weighted by Crippen LogP contribution is -2.68. The van der Waals surface area contributed by atoms with Crippen molar-refractivity contribution in [1.29, 1.82) is 0 Å². The third-order valence-corrected chi connectivity index (χ3v) is 9.78. The van der Waals surface area contributed by atoms with Crippen LogP contribution in [-0.4, -0.2) is 79.6 Å². The highest BCUT2D eigenvalue weighted by atomic mass is 35.5. The third-order valence-electron chi connectivity index (χ3n) is 7.88. The van der Waals surface area contributed by atoms with Crippen LogP contribution in [0.15, 0.2) is 41.3 Å². The van der Waals surface area contributed by atoms with Crippen LogP contribution in [0.5, 0.6) is 11.5 Å². The predicted molar refractivity (Wildman–Crippen MR) is 143 cm³/mol. The second-order valence-corrected chi connectivity index (χ2v) is 12.2. The number of rotatable bonds is 8. The molecular weight excluding hydrogens is 566 g/mol.